The summed E-state index contributed by atoms with van der Waals surface area (Å²) in [7, 11) is 0. The molecular weight excluding hydrogens is 355 g/mol. The molecule has 100 valence electrons. The van der Waals surface area contributed by atoms with Crippen LogP contribution in [0.4, 0.5) is 5.82 Å². The van der Waals surface area contributed by atoms with Crippen LogP contribution in [0.1, 0.15) is 25.3 Å². The molecule has 0 saturated carbocycles. The van der Waals surface area contributed by atoms with Gasteiger partial charge in [-0.1, -0.05) is 13.8 Å². The number of rotatable bonds is 4. The van der Waals surface area contributed by atoms with Gasteiger partial charge in [0.25, 0.3) is 0 Å². The number of hydrogen-bond donors (Lipinski definition) is 2. The van der Waals surface area contributed by atoms with Crippen molar-refractivity contribution in [1.29, 1.82) is 0 Å². The molecule has 0 aliphatic carbocycles. The minimum absolute atomic E-state index is 0.200. The first-order valence-electron chi connectivity index (χ1n) is 5.86. The predicted molar refractivity (Wildman–Crippen MR) is 83.2 cm³/mol. The van der Waals surface area contributed by atoms with E-state index in [1.807, 2.05) is 38.1 Å². The summed E-state index contributed by atoms with van der Waals surface area (Å²) in [5.74, 6) is 7.53. The zero-order chi connectivity index (χ0) is 13.8. The van der Waals surface area contributed by atoms with E-state index in [1.165, 1.54) is 6.33 Å². The third-order valence-electron chi connectivity index (χ3n) is 2.59. The van der Waals surface area contributed by atoms with Crippen molar-refractivity contribution in [3.8, 4) is 11.6 Å². The molecule has 19 heavy (non-hydrogen) atoms. The van der Waals surface area contributed by atoms with Crippen LogP contribution in [0, 0.1) is 3.57 Å². The number of nitrogens with zero attached hydrogens (tertiary/aromatic N) is 2. The summed E-state index contributed by atoms with van der Waals surface area (Å²) < 4.78 is 6.97. The van der Waals surface area contributed by atoms with Crippen LogP contribution in [0.15, 0.2) is 30.6 Å². The molecule has 5 nitrogen and oxygen atoms in total. The van der Waals surface area contributed by atoms with Crippen molar-refractivity contribution < 1.29 is 4.74 Å². The second-order valence-corrected chi connectivity index (χ2v) is 5.54. The fraction of sp³-hybridized carbons (Fsp3) is 0.231. The number of nitrogen functional groups attached to an aromatic ring is 1. The summed E-state index contributed by atoms with van der Waals surface area (Å²) >= 11 is 2.25. The van der Waals surface area contributed by atoms with Crippen molar-refractivity contribution >= 4 is 28.4 Å². The third kappa shape index (κ3) is 3.32. The van der Waals surface area contributed by atoms with E-state index in [0.717, 1.165) is 14.9 Å². The summed E-state index contributed by atoms with van der Waals surface area (Å²) in [6.45, 7) is 4.08. The lowest BCUT2D eigenvalue weighted by molar-refractivity contribution is 0.451. The van der Waals surface area contributed by atoms with Crippen molar-refractivity contribution in [1.82, 2.24) is 9.97 Å². The molecular formula is C13H15IN4O. The number of ether oxygens (including phenoxy) is 1. The van der Waals surface area contributed by atoms with Crippen LogP contribution in [0.3, 0.4) is 0 Å². The molecule has 3 N–H and O–H groups in total. The van der Waals surface area contributed by atoms with Crippen LogP contribution in [0.2, 0.25) is 0 Å². The molecule has 0 unspecified atom stereocenters. The second kappa shape index (κ2) is 6.16. The minimum atomic E-state index is 0.200. The van der Waals surface area contributed by atoms with Gasteiger partial charge in [-0.2, -0.15) is 0 Å². The van der Waals surface area contributed by atoms with Crippen molar-refractivity contribution in [3.05, 3.63) is 39.7 Å². The quantitative estimate of drug-likeness (QED) is 0.491. The Morgan fingerprint density at radius 1 is 1.21 bits per heavy atom. The van der Waals surface area contributed by atoms with Crippen LogP contribution in [-0.2, 0) is 0 Å². The molecule has 1 aromatic heterocycles. The van der Waals surface area contributed by atoms with E-state index in [4.69, 9.17) is 10.6 Å². The number of halogens is 1. The van der Waals surface area contributed by atoms with Gasteiger partial charge in [-0.3, -0.25) is 0 Å². The van der Waals surface area contributed by atoms with Crippen LogP contribution >= 0.6 is 22.6 Å². The maximum absolute atomic E-state index is 5.82. The maximum Gasteiger partial charge on any atom is 0.227 e. The van der Waals surface area contributed by atoms with Gasteiger partial charge in [0.1, 0.15) is 12.1 Å². The molecule has 0 aliphatic rings. The highest BCUT2D eigenvalue weighted by molar-refractivity contribution is 14.1. The molecule has 2 rings (SSSR count). The summed E-state index contributed by atoms with van der Waals surface area (Å²) in [6.07, 6.45) is 1.43. The molecule has 0 saturated heterocycles. The Hall–Kier alpha value is -1.41. The van der Waals surface area contributed by atoms with Gasteiger partial charge in [0.15, 0.2) is 5.82 Å². The highest BCUT2D eigenvalue weighted by Crippen LogP contribution is 2.32. The van der Waals surface area contributed by atoms with Crippen LogP contribution in [-0.4, -0.2) is 9.97 Å². The minimum Gasteiger partial charge on any atom is -0.439 e. The van der Waals surface area contributed by atoms with Crippen molar-refractivity contribution in [2.75, 3.05) is 5.43 Å². The average molecular weight is 370 g/mol. The third-order valence-corrected chi connectivity index (χ3v) is 3.31. The standard InChI is InChI=1S/C13H15IN4O/c1-8(2)11-12(18-15)16-7-17-13(11)19-10-5-3-9(14)4-6-10/h3-8H,15H2,1-2H3,(H,16,17,18). The molecule has 0 aliphatic heterocycles. The molecule has 2 aromatic rings. The number of hydrogen-bond acceptors (Lipinski definition) is 5. The van der Waals surface area contributed by atoms with Crippen LogP contribution in [0.5, 0.6) is 11.6 Å². The highest BCUT2D eigenvalue weighted by atomic mass is 127. The lowest BCUT2D eigenvalue weighted by atomic mass is 10.1. The Balaban J connectivity index is 2.36. The average Bonchev–Trinajstić information content (AvgIpc) is 2.40. The topological polar surface area (TPSA) is 73.1 Å². The zero-order valence-corrected chi connectivity index (χ0v) is 12.9. The Kier molecular flexibility index (Phi) is 4.54. The van der Waals surface area contributed by atoms with Crippen LogP contribution < -0.4 is 16.0 Å². The normalized spacial score (nSPS) is 10.6. The number of benzene rings is 1. The van der Waals surface area contributed by atoms with Gasteiger partial charge < -0.3 is 10.2 Å². The Morgan fingerprint density at radius 3 is 2.47 bits per heavy atom. The molecule has 0 amide bonds. The molecule has 0 radical (unpaired) electrons. The molecule has 1 aromatic carbocycles. The fourth-order valence-corrected chi connectivity index (χ4v) is 2.07. The Morgan fingerprint density at radius 2 is 1.89 bits per heavy atom. The van der Waals surface area contributed by atoms with Crippen molar-refractivity contribution in [2.24, 2.45) is 5.84 Å². The zero-order valence-electron chi connectivity index (χ0n) is 10.7. The number of hydrazine groups is 1. The van der Waals surface area contributed by atoms with Gasteiger partial charge in [0.2, 0.25) is 5.88 Å². The largest absolute Gasteiger partial charge is 0.439 e. The first kappa shape index (κ1) is 14.0. The van der Waals surface area contributed by atoms with E-state index < -0.39 is 0 Å². The monoisotopic (exact) mass is 370 g/mol. The number of anilines is 1. The lowest BCUT2D eigenvalue weighted by Gasteiger charge is -2.15. The van der Waals surface area contributed by atoms with Gasteiger partial charge >= 0.3 is 0 Å². The van der Waals surface area contributed by atoms with Crippen molar-refractivity contribution in [2.45, 2.75) is 19.8 Å². The smallest absolute Gasteiger partial charge is 0.227 e. The maximum atomic E-state index is 5.82. The molecule has 6 heteroatoms. The first-order chi connectivity index (χ1) is 9.11. The molecule has 0 spiro atoms. The van der Waals surface area contributed by atoms with E-state index in [2.05, 4.69) is 38.0 Å². The van der Waals surface area contributed by atoms with Crippen LogP contribution in [0.25, 0.3) is 0 Å². The van der Waals surface area contributed by atoms with E-state index in [-0.39, 0.29) is 5.92 Å². The number of aromatic nitrogens is 2. The second-order valence-electron chi connectivity index (χ2n) is 4.30. The van der Waals surface area contributed by atoms with Gasteiger partial charge in [0.05, 0.1) is 5.56 Å². The van der Waals surface area contributed by atoms with Crippen molar-refractivity contribution in [3.63, 3.8) is 0 Å². The van der Waals surface area contributed by atoms with Gasteiger partial charge in [-0.25, -0.2) is 15.8 Å². The first-order valence-corrected chi connectivity index (χ1v) is 6.94. The predicted octanol–water partition coefficient (Wildman–Crippen LogP) is 3.28. The van der Waals surface area contributed by atoms with Gasteiger partial charge in [-0.15, -0.1) is 0 Å². The van der Waals surface area contributed by atoms with E-state index in [9.17, 15) is 0 Å². The van der Waals surface area contributed by atoms with E-state index in [0.29, 0.717) is 11.7 Å². The van der Waals surface area contributed by atoms with Gasteiger partial charge in [0, 0.05) is 3.57 Å². The van der Waals surface area contributed by atoms with Gasteiger partial charge in [-0.05, 0) is 52.8 Å². The number of nitrogens with one attached hydrogen (secondary N) is 1. The highest BCUT2D eigenvalue weighted by Gasteiger charge is 2.16. The Bertz CT molecular complexity index is 557. The summed E-state index contributed by atoms with van der Waals surface area (Å²) in [5.41, 5.74) is 3.44. The fourth-order valence-electron chi connectivity index (χ4n) is 1.71. The summed E-state index contributed by atoms with van der Waals surface area (Å²) in [5, 5.41) is 0. The van der Waals surface area contributed by atoms with E-state index >= 15 is 0 Å². The molecule has 0 atom stereocenters. The van der Waals surface area contributed by atoms with E-state index in [1.54, 1.807) is 0 Å². The number of nitrogens with two attached hydrogens (primary N) is 1. The molecule has 1 heterocycles. The SMILES string of the molecule is CC(C)c1c(NN)ncnc1Oc1ccc(I)cc1. The lowest BCUT2D eigenvalue weighted by Crippen LogP contribution is -2.13. The summed E-state index contributed by atoms with van der Waals surface area (Å²) in [4.78, 5) is 8.30. The molecule has 0 fully saturated rings. The summed E-state index contributed by atoms with van der Waals surface area (Å²) in [6, 6.07) is 7.77. The Labute approximate surface area is 125 Å². The molecule has 0 bridgehead atoms.